The molecule has 1 saturated carbocycles. The minimum Gasteiger partial charge on any atom is -0.373 e. The normalized spacial score (nSPS) is 48.7. The van der Waals surface area contributed by atoms with E-state index in [0.717, 1.165) is 25.6 Å². The fourth-order valence-corrected chi connectivity index (χ4v) is 3.04. The third-order valence-corrected chi connectivity index (χ3v) is 3.98. The predicted octanol–water partition coefficient (Wildman–Crippen LogP) is 0.198. The van der Waals surface area contributed by atoms with Gasteiger partial charge in [0.05, 0.1) is 12.2 Å². The molecular weight excluding hydrogens is 164 g/mol. The Morgan fingerprint density at radius 1 is 1.46 bits per heavy atom. The van der Waals surface area contributed by atoms with E-state index in [0.29, 0.717) is 6.04 Å². The number of nitrogens with zero attached hydrogens (tertiary/aromatic N) is 1. The van der Waals surface area contributed by atoms with Crippen LogP contribution in [0.4, 0.5) is 0 Å². The van der Waals surface area contributed by atoms with Gasteiger partial charge in [0.25, 0.3) is 0 Å². The minimum atomic E-state index is 0.262. The van der Waals surface area contributed by atoms with Gasteiger partial charge in [-0.2, -0.15) is 0 Å². The molecule has 4 fully saturated rings. The molecule has 0 radical (unpaired) electrons. The third-order valence-electron chi connectivity index (χ3n) is 3.98. The highest BCUT2D eigenvalue weighted by molar-refractivity contribution is 5.05. The Bertz CT molecular complexity index is 205. The van der Waals surface area contributed by atoms with Crippen molar-refractivity contribution in [3.05, 3.63) is 0 Å². The molecular formula is C10H18N2O. The maximum absolute atomic E-state index is 5.83. The molecule has 3 nitrogen and oxygen atoms in total. The molecule has 3 heterocycles. The maximum atomic E-state index is 5.83. The number of fused-ring (bicyclic) bond motifs is 1. The lowest BCUT2D eigenvalue weighted by atomic mass is 9.73. The van der Waals surface area contributed by atoms with E-state index in [1.807, 2.05) is 0 Å². The van der Waals surface area contributed by atoms with Crippen LogP contribution in [0.1, 0.15) is 19.3 Å². The summed E-state index contributed by atoms with van der Waals surface area (Å²) in [5.74, 6) is 0.887. The molecule has 2 bridgehead atoms. The fraction of sp³-hybridized carbons (Fsp3) is 1.00. The molecule has 1 atom stereocenters. The van der Waals surface area contributed by atoms with Crippen LogP contribution in [0, 0.1) is 5.92 Å². The molecule has 1 unspecified atom stereocenters. The van der Waals surface area contributed by atoms with Gasteiger partial charge in [0.1, 0.15) is 0 Å². The summed E-state index contributed by atoms with van der Waals surface area (Å²) in [6, 6.07) is 0.651. The second-order valence-electron chi connectivity index (χ2n) is 4.92. The topological polar surface area (TPSA) is 38.5 Å². The van der Waals surface area contributed by atoms with E-state index < -0.39 is 0 Å². The number of hydrogen-bond acceptors (Lipinski definition) is 3. The second kappa shape index (κ2) is 2.69. The summed E-state index contributed by atoms with van der Waals surface area (Å²) >= 11 is 0. The van der Waals surface area contributed by atoms with Gasteiger partial charge in [-0.05, 0) is 25.2 Å². The van der Waals surface area contributed by atoms with Crippen molar-refractivity contribution in [3.63, 3.8) is 0 Å². The Kier molecular flexibility index (Phi) is 1.70. The average molecular weight is 182 g/mol. The average Bonchev–Trinajstić information content (AvgIpc) is 2.56. The molecule has 3 saturated heterocycles. The first-order valence-electron chi connectivity index (χ1n) is 5.39. The van der Waals surface area contributed by atoms with Crippen LogP contribution in [-0.2, 0) is 4.74 Å². The molecule has 4 rings (SSSR count). The van der Waals surface area contributed by atoms with Crippen LogP contribution in [0.25, 0.3) is 0 Å². The largest absolute Gasteiger partial charge is 0.373 e. The zero-order chi connectivity index (χ0) is 8.89. The molecule has 0 spiro atoms. The minimum absolute atomic E-state index is 0.262. The standard InChI is InChI=1S/C10H18N2O/c11-5-9-1-2-12(9)7-10-3-8(4-10)6-13-10/h8-9H,1-7,11H2. The first kappa shape index (κ1) is 8.21. The molecule has 3 heteroatoms. The highest BCUT2D eigenvalue weighted by Crippen LogP contribution is 2.49. The summed E-state index contributed by atoms with van der Waals surface area (Å²) in [6.45, 7) is 4.21. The Labute approximate surface area is 79.2 Å². The van der Waals surface area contributed by atoms with Crippen molar-refractivity contribution in [2.75, 3.05) is 26.2 Å². The van der Waals surface area contributed by atoms with Gasteiger partial charge in [-0.25, -0.2) is 0 Å². The number of rotatable bonds is 3. The van der Waals surface area contributed by atoms with Crippen molar-refractivity contribution in [2.45, 2.75) is 30.9 Å². The summed E-state index contributed by atoms with van der Waals surface area (Å²) in [6.07, 6.45) is 3.90. The second-order valence-corrected chi connectivity index (χ2v) is 4.92. The molecule has 2 N–H and O–H groups in total. The number of hydrogen-bond donors (Lipinski definition) is 1. The van der Waals surface area contributed by atoms with Crippen LogP contribution in [0.3, 0.4) is 0 Å². The van der Waals surface area contributed by atoms with Gasteiger partial charge in [-0.15, -0.1) is 0 Å². The Hall–Kier alpha value is -0.120. The number of ether oxygens (including phenoxy) is 1. The van der Waals surface area contributed by atoms with Crippen molar-refractivity contribution in [1.29, 1.82) is 0 Å². The summed E-state index contributed by atoms with van der Waals surface area (Å²) in [5.41, 5.74) is 5.93. The maximum Gasteiger partial charge on any atom is 0.0816 e. The fourth-order valence-electron chi connectivity index (χ4n) is 3.04. The Morgan fingerprint density at radius 2 is 2.31 bits per heavy atom. The zero-order valence-corrected chi connectivity index (χ0v) is 8.04. The first-order valence-corrected chi connectivity index (χ1v) is 5.39. The van der Waals surface area contributed by atoms with Crippen LogP contribution in [0.15, 0.2) is 0 Å². The van der Waals surface area contributed by atoms with Gasteiger partial charge in [-0.1, -0.05) is 0 Å². The molecule has 0 amide bonds. The molecule has 3 aliphatic heterocycles. The van der Waals surface area contributed by atoms with E-state index >= 15 is 0 Å². The van der Waals surface area contributed by atoms with Gasteiger partial charge in [0.2, 0.25) is 0 Å². The Morgan fingerprint density at radius 3 is 2.77 bits per heavy atom. The van der Waals surface area contributed by atoms with E-state index in [1.165, 1.54) is 25.8 Å². The molecule has 0 aromatic carbocycles. The lowest BCUT2D eigenvalue weighted by molar-refractivity contribution is -0.0582. The van der Waals surface area contributed by atoms with Crippen LogP contribution >= 0.6 is 0 Å². The van der Waals surface area contributed by atoms with Gasteiger partial charge in [0, 0.05) is 25.7 Å². The van der Waals surface area contributed by atoms with Crippen molar-refractivity contribution in [2.24, 2.45) is 11.7 Å². The lowest BCUT2D eigenvalue weighted by Crippen LogP contribution is -2.58. The smallest absolute Gasteiger partial charge is 0.0816 e. The van der Waals surface area contributed by atoms with Gasteiger partial charge >= 0.3 is 0 Å². The lowest BCUT2D eigenvalue weighted by Gasteiger charge is -2.47. The molecule has 1 aliphatic carbocycles. The summed E-state index contributed by atoms with van der Waals surface area (Å²) in [7, 11) is 0. The number of nitrogens with two attached hydrogens (primary N) is 1. The zero-order valence-electron chi connectivity index (χ0n) is 8.04. The molecule has 4 aliphatic rings. The van der Waals surface area contributed by atoms with Gasteiger partial charge < -0.3 is 10.5 Å². The van der Waals surface area contributed by atoms with Crippen molar-refractivity contribution >= 4 is 0 Å². The predicted molar refractivity (Wildman–Crippen MR) is 50.4 cm³/mol. The van der Waals surface area contributed by atoms with Crippen LogP contribution < -0.4 is 5.73 Å². The van der Waals surface area contributed by atoms with E-state index in [-0.39, 0.29) is 5.60 Å². The van der Waals surface area contributed by atoms with E-state index in [1.54, 1.807) is 0 Å². The quantitative estimate of drug-likeness (QED) is 0.677. The SMILES string of the molecule is NCC1CCN1CC12CC(CO1)C2. The summed E-state index contributed by atoms with van der Waals surface area (Å²) in [5, 5.41) is 0. The van der Waals surface area contributed by atoms with E-state index in [2.05, 4.69) is 4.90 Å². The Balaban J connectivity index is 1.57. The molecule has 74 valence electrons. The molecule has 0 aromatic rings. The summed E-state index contributed by atoms with van der Waals surface area (Å²) < 4.78 is 5.83. The highest BCUT2D eigenvalue weighted by atomic mass is 16.5. The molecule has 13 heavy (non-hydrogen) atoms. The van der Waals surface area contributed by atoms with Gasteiger partial charge in [-0.3, -0.25) is 4.90 Å². The number of likely N-dealkylation sites (tertiary alicyclic amines) is 1. The van der Waals surface area contributed by atoms with Crippen molar-refractivity contribution in [1.82, 2.24) is 4.90 Å². The van der Waals surface area contributed by atoms with Crippen molar-refractivity contribution in [3.8, 4) is 0 Å². The van der Waals surface area contributed by atoms with Gasteiger partial charge in [0.15, 0.2) is 0 Å². The monoisotopic (exact) mass is 182 g/mol. The van der Waals surface area contributed by atoms with Crippen molar-refractivity contribution < 1.29 is 4.74 Å². The molecule has 0 aromatic heterocycles. The highest BCUT2D eigenvalue weighted by Gasteiger charge is 2.53. The van der Waals surface area contributed by atoms with Crippen LogP contribution in [0.5, 0.6) is 0 Å². The summed E-state index contributed by atoms with van der Waals surface area (Å²) in [4.78, 5) is 2.50. The first-order chi connectivity index (χ1) is 6.31. The van der Waals surface area contributed by atoms with E-state index in [9.17, 15) is 0 Å². The van der Waals surface area contributed by atoms with E-state index in [4.69, 9.17) is 10.5 Å². The van der Waals surface area contributed by atoms with Crippen LogP contribution in [-0.4, -0.2) is 42.8 Å². The van der Waals surface area contributed by atoms with Crippen LogP contribution in [0.2, 0.25) is 0 Å². The third kappa shape index (κ3) is 1.14.